The summed E-state index contributed by atoms with van der Waals surface area (Å²) in [4.78, 5) is 24.9. The molecular formula is C14H24N2O4. The first-order valence-corrected chi connectivity index (χ1v) is 7.35. The minimum atomic E-state index is -0.815. The van der Waals surface area contributed by atoms with Gasteiger partial charge in [0.15, 0.2) is 0 Å². The summed E-state index contributed by atoms with van der Waals surface area (Å²) in [5.41, 5.74) is 0. The maximum atomic E-state index is 12.2. The van der Waals surface area contributed by atoms with Gasteiger partial charge in [-0.15, -0.1) is 0 Å². The number of likely N-dealkylation sites (tertiary alicyclic amines) is 1. The Morgan fingerprint density at radius 3 is 2.50 bits per heavy atom. The van der Waals surface area contributed by atoms with Crippen molar-refractivity contribution in [3.05, 3.63) is 0 Å². The number of hydrogen-bond donors (Lipinski definition) is 2. The van der Waals surface area contributed by atoms with Gasteiger partial charge < -0.3 is 20.1 Å². The van der Waals surface area contributed by atoms with Gasteiger partial charge in [0.2, 0.25) is 0 Å². The molecule has 2 aliphatic rings. The van der Waals surface area contributed by atoms with Gasteiger partial charge in [-0.2, -0.15) is 0 Å². The van der Waals surface area contributed by atoms with Gasteiger partial charge in [0.05, 0.1) is 5.92 Å². The van der Waals surface area contributed by atoms with Crippen LogP contribution < -0.4 is 5.32 Å². The Balaban J connectivity index is 1.84. The van der Waals surface area contributed by atoms with Gasteiger partial charge in [0.1, 0.15) is 0 Å². The van der Waals surface area contributed by atoms with Gasteiger partial charge in [-0.05, 0) is 31.6 Å². The van der Waals surface area contributed by atoms with Crippen molar-refractivity contribution in [2.45, 2.75) is 32.7 Å². The predicted molar refractivity (Wildman–Crippen MR) is 73.4 cm³/mol. The Bertz CT molecular complexity index is 368. The van der Waals surface area contributed by atoms with Crippen molar-refractivity contribution < 1.29 is 19.4 Å². The maximum absolute atomic E-state index is 12.2. The van der Waals surface area contributed by atoms with Crippen LogP contribution in [0.5, 0.6) is 0 Å². The normalized spacial score (nSPS) is 29.2. The zero-order chi connectivity index (χ0) is 14.7. The van der Waals surface area contributed by atoms with Crippen molar-refractivity contribution in [1.29, 1.82) is 0 Å². The average Bonchev–Trinajstić information content (AvgIpc) is 2.82. The molecule has 2 N–H and O–H groups in total. The second-order valence-corrected chi connectivity index (χ2v) is 6.01. The van der Waals surface area contributed by atoms with E-state index >= 15 is 0 Å². The van der Waals surface area contributed by atoms with Crippen LogP contribution >= 0.6 is 0 Å². The Morgan fingerprint density at radius 1 is 1.30 bits per heavy atom. The number of rotatable bonds is 3. The number of carbonyl (C=O) groups is 2. The van der Waals surface area contributed by atoms with Crippen molar-refractivity contribution in [2.75, 3.05) is 26.3 Å². The third-order valence-electron chi connectivity index (χ3n) is 4.54. The number of carboxylic acids is 1. The minimum absolute atomic E-state index is 0.0108. The van der Waals surface area contributed by atoms with Crippen molar-refractivity contribution in [2.24, 2.45) is 17.8 Å². The van der Waals surface area contributed by atoms with Gasteiger partial charge in [0, 0.05) is 32.3 Å². The number of amides is 2. The van der Waals surface area contributed by atoms with Crippen LogP contribution in [0.3, 0.4) is 0 Å². The summed E-state index contributed by atoms with van der Waals surface area (Å²) in [6.45, 7) is 6.24. The summed E-state index contributed by atoms with van der Waals surface area (Å²) in [5, 5.41) is 12.1. The second-order valence-electron chi connectivity index (χ2n) is 6.01. The van der Waals surface area contributed by atoms with E-state index < -0.39 is 11.9 Å². The van der Waals surface area contributed by atoms with E-state index in [4.69, 9.17) is 9.84 Å². The van der Waals surface area contributed by atoms with Crippen LogP contribution in [-0.2, 0) is 9.53 Å². The summed E-state index contributed by atoms with van der Waals surface area (Å²) in [6, 6.07) is -0.0369. The smallest absolute Gasteiger partial charge is 0.317 e. The largest absolute Gasteiger partial charge is 0.481 e. The number of carboxylic acid groups (broad SMARTS) is 1. The molecule has 3 unspecified atom stereocenters. The van der Waals surface area contributed by atoms with Crippen LogP contribution in [0.1, 0.15) is 26.7 Å². The first-order valence-electron chi connectivity index (χ1n) is 7.35. The van der Waals surface area contributed by atoms with E-state index in [1.807, 2.05) is 13.8 Å². The SMILES string of the molecule is CC1CN(C(=O)NC(C)C2CCOCC2)CC1C(=O)O. The lowest BCUT2D eigenvalue weighted by molar-refractivity contribution is -0.142. The zero-order valence-electron chi connectivity index (χ0n) is 12.2. The van der Waals surface area contributed by atoms with Gasteiger partial charge in [0.25, 0.3) is 0 Å². The summed E-state index contributed by atoms with van der Waals surface area (Å²) in [5.74, 6) is -0.802. The third-order valence-corrected chi connectivity index (χ3v) is 4.54. The number of aliphatic carboxylic acids is 1. The van der Waals surface area contributed by atoms with E-state index in [1.165, 1.54) is 0 Å². The number of hydrogen-bond acceptors (Lipinski definition) is 3. The van der Waals surface area contributed by atoms with E-state index in [-0.39, 0.29) is 18.0 Å². The highest BCUT2D eigenvalue weighted by Crippen LogP contribution is 2.24. The number of nitrogens with one attached hydrogen (secondary N) is 1. The fraction of sp³-hybridized carbons (Fsp3) is 0.857. The van der Waals surface area contributed by atoms with Gasteiger partial charge in [-0.1, -0.05) is 6.92 Å². The summed E-state index contributed by atoms with van der Waals surface area (Å²) in [7, 11) is 0. The van der Waals surface area contributed by atoms with E-state index in [0.29, 0.717) is 19.0 Å². The molecule has 114 valence electrons. The Kier molecular flexibility index (Phi) is 4.86. The van der Waals surface area contributed by atoms with Crippen LogP contribution in [-0.4, -0.2) is 54.4 Å². The van der Waals surface area contributed by atoms with Crippen molar-refractivity contribution in [1.82, 2.24) is 10.2 Å². The predicted octanol–water partition coefficient (Wildman–Crippen LogP) is 1.16. The van der Waals surface area contributed by atoms with E-state index in [9.17, 15) is 9.59 Å². The first-order chi connectivity index (χ1) is 9.49. The molecule has 0 bridgehead atoms. The van der Waals surface area contributed by atoms with Crippen LogP contribution in [0.15, 0.2) is 0 Å². The molecule has 0 aliphatic carbocycles. The summed E-state index contributed by atoms with van der Waals surface area (Å²) >= 11 is 0. The molecule has 6 heteroatoms. The molecule has 6 nitrogen and oxygen atoms in total. The number of ether oxygens (including phenoxy) is 1. The zero-order valence-corrected chi connectivity index (χ0v) is 12.2. The fourth-order valence-corrected chi connectivity index (χ4v) is 3.07. The summed E-state index contributed by atoms with van der Waals surface area (Å²) in [6.07, 6.45) is 1.94. The third kappa shape index (κ3) is 3.42. The number of nitrogens with zero attached hydrogens (tertiary/aromatic N) is 1. The highest BCUT2D eigenvalue weighted by molar-refractivity contribution is 5.77. The molecule has 0 aromatic rings. The van der Waals surface area contributed by atoms with Crippen molar-refractivity contribution >= 4 is 12.0 Å². The molecule has 3 atom stereocenters. The first kappa shape index (κ1) is 15.1. The molecule has 2 rings (SSSR count). The minimum Gasteiger partial charge on any atom is -0.481 e. The monoisotopic (exact) mass is 284 g/mol. The second kappa shape index (κ2) is 6.43. The number of urea groups is 1. The molecule has 2 saturated heterocycles. The lowest BCUT2D eigenvalue weighted by Gasteiger charge is -2.30. The molecule has 0 aromatic carbocycles. The fourth-order valence-electron chi connectivity index (χ4n) is 3.07. The highest BCUT2D eigenvalue weighted by atomic mass is 16.5. The lowest BCUT2D eigenvalue weighted by Crippen LogP contribution is -2.46. The van der Waals surface area contributed by atoms with Crippen LogP contribution in [0.2, 0.25) is 0 Å². The molecule has 2 aliphatic heterocycles. The molecule has 0 spiro atoms. The van der Waals surface area contributed by atoms with Crippen molar-refractivity contribution in [3.63, 3.8) is 0 Å². The molecule has 2 fully saturated rings. The quantitative estimate of drug-likeness (QED) is 0.815. The highest BCUT2D eigenvalue weighted by Gasteiger charge is 2.37. The van der Waals surface area contributed by atoms with Gasteiger partial charge in [-0.25, -0.2) is 4.79 Å². The lowest BCUT2D eigenvalue weighted by atomic mass is 9.93. The topological polar surface area (TPSA) is 78.9 Å². The molecular weight excluding hydrogens is 260 g/mol. The van der Waals surface area contributed by atoms with Gasteiger partial charge in [-0.3, -0.25) is 4.79 Å². The summed E-state index contributed by atoms with van der Waals surface area (Å²) < 4.78 is 5.32. The number of carbonyl (C=O) groups excluding carboxylic acids is 1. The molecule has 2 amide bonds. The van der Waals surface area contributed by atoms with Crippen LogP contribution in [0.25, 0.3) is 0 Å². The Hall–Kier alpha value is -1.30. The van der Waals surface area contributed by atoms with Gasteiger partial charge >= 0.3 is 12.0 Å². The van der Waals surface area contributed by atoms with E-state index in [2.05, 4.69) is 5.32 Å². The molecule has 0 aromatic heterocycles. The van der Waals surface area contributed by atoms with Crippen LogP contribution in [0, 0.1) is 17.8 Å². The Labute approximate surface area is 119 Å². The van der Waals surface area contributed by atoms with Crippen molar-refractivity contribution in [3.8, 4) is 0 Å². The Morgan fingerprint density at radius 2 is 1.95 bits per heavy atom. The van der Waals surface area contributed by atoms with E-state index in [1.54, 1.807) is 4.90 Å². The maximum Gasteiger partial charge on any atom is 0.317 e. The standard InChI is InChI=1S/C14H24N2O4/c1-9-7-16(8-12(9)13(17)18)14(19)15-10(2)11-3-5-20-6-4-11/h9-12H,3-8H2,1-2H3,(H,15,19)(H,17,18). The molecule has 0 radical (unpaired) electrons. The molecule has 2 heterocycles. The molecule has 20 heavy (non-hydrogen) atoms. The average molecular weight is 284 g/mol. The van der Waals surface area contributed by atoms with Crippen LogP contribution in [0.4, 0.5) is 4.79 Å². The van der Waals surface area contributed by atoms with E-state index in [0.717, 1.165) is 26.1 Å². The molecule has 0 saturated carbocycles.